The molecule has 0 saturated heterocycles. The number of aromatic nitrogens is 1. The van der Waals surface area contributed by atoms with Crippen LogP contribution in [0.1, 0.15) is 21.6 Å². The van der Waals surface area contributed by atoms with Gasteiger partial charge in [-0.05, 0) is 36.9 Å². The average Bonchev–Trinajstić information content (AvgIpc) is 2.49. The molecule has 3 N–H and O–H groups in total. The number of carbonyl (C=O) groups excluding carboxylic acids is 1. The third-order valence-corrected chi connectivity index (χ3v) is 3.54. The van der Waals surface area contributed by atoms with E-state index in [0.717, 1.165) is 16.7 Å². The van der Waals surface area contributed by atoms with Crippen LogP contribution in [0, 0.1) is 0 Å². The fourth-order valence-corrected chi connectivity index (χ4v) is 2.23. The molecule has 0 fully saturated rings. The molecule has 2 aromatic rings. The molecule has 110 valence electrons. The fourth-order valence-electron chi connectivity index (χ4n) is 1.97. The van der Waals surface area contributed by atoms with Gasteiger partial charge in [0, 0.05) is 23.8 Å². The van der Waals surface area contributed by atoms with Crippen LogP contribution in [0.25, 0.3) is 0 Å². The molecule has 0 aliphatic rings. The number of hydrogen-bond acceptors (Lipinski definition) is 4. The summed E-state index contributed by atoms with van der Waals surface area (Å²) >= 11 is 3.42. The summed E-state index contributed by atoms with van der Waals surface area (Å²) in [5.74, 6) is 4.74. The zero-order valence-electron chi connectivity index (χ0n) is 11.7. The number of amides is 1. The Bertz CT molecular complexity index is 598. The minimum atomic E-state index is -0.336. The second-order valence-corrected chi connectivity index (χ2v) is 5.73. The summed E-state index contributed by atoms with van der Waals surface area (Å²) in [5, 5.41) is 0. The van der Waals surface area contributed by atoms with Crippen LogP contribution in [0.15, 0.2) is 47.1 Å². The highest BCUT2D eigenvalue weighted by Crippen LogP contribution is 2.12. The number of hydrogen-bond donors (Lipinski definition) is 2. The molecule has 21 heavy (non-hydrogen) atoms. The summed E-state index contributed by atoms with van der Waals surface area (Å²) in [7, 11) is 2.03. The minimum absolute atomic E-state index is 0.336. The maximum Gasteiger partial charge on any atom is 0.266 e. The summed E-state index contributed by atoms with van der Waals surface area (Å²) < 4.78 is 1.07. The first kappa shape index (κ1) is 15.6. The number of nitrogen functional groups attached to an aromatic ring is 1. The van der Waals surface area contributed by atoms with Gasteiger partial charge in [-0.1, -0.05) is 28.1 Å². The highest BCUT2D eigenvalue weighted by molar-refractivity contribution is 9.10. The van der Waals surface area contributed by atoms with Crippen LogP contribution < -0.4 is 11.3 Å². The maximum absolute atomic E-state index is 11.3. The van der Waals surface area contributed by atoms with E-state index in [1.807, 2.05) is 25.2 Å². The van der Waals surface area contributed by atoms with Gasteiger partial charge in [-0.15, -0.1) is 0 Å². The van der Waals surface area contributed by atoms with Crippen molar-refractivity contribution in [2.45, 2.75) is 13.1 Å². The van der Waals surface area contributed by atoms with Gasteiger partial charge in [0.2, 0.25) is 0 Å². The molecule has 0 atom stereocenters. The van der Waals surface area contributed by atoms with Gasteiger partial charge in [-0.3, -0.25) is 20.1 Å². The molecule has 2 rings (SSSR count). The van der Waals surface area contributed by atoms with Gasteiger partial charge in [-0.2, -0.15) is 0 Å². The molecule has 0 aliphatic carbocycles. The van der Waals surface area contributed by atoms with Crippen LogP contribution in [-0.2, 0) is 13.1 Å². The molecular formula is C15H17BrN4O. The Hall–Kier alpha value is -1.76. The number of hydrazine groups is 1. The maximum atomic E-state index is 11.3. The van der Waals surface area contributed by atoms with Crippen LogP contribution >= 0.6 is 15.9 Å². The second-order valence-electron chi connectivity index (χ2n) is 4.81. The van der Waals surface area contributed by atoms with Crippen molar-refractivity contribution in [2.75, 3.05) is 7.05 Å². The Balaban J connectivity index is 1.94. The molecule has 1 heterocycles. The molecule has 6 heteroatoms. The molecule has 0 unspecified atom stereocenters. The van der Waals surface area contributed by atoms with Crippen LogP contribution in [0.3, 0.4) is 0 Å². The molecule has 1 amide bonds. The van der Waals surface area contributed by atoms with E-state index in [9.17, 15) is 4.79 Å². The first-order valence-corrected chi connectivity index (χ1v) is 7.26. The lowest BCUT2D eigenvalue weighted by Gasteiger charge is -2.16. The van der Waals surface area contributed by atoms with Gasteiger partial charge in [0.15, 0.2) is 0 Å². The third kappa shape index (κ3) is 4.63. The van der Waals surface area contributed by atoms with Crippen LogP contribution in [0.2, 0.25) is 0 Å². The molecule has 0 spiro atoms. The standard InChI is InChI=1S/C15H17BrN4O/c1-20(9-11-2-5-13(16)6-3-11)10-14-7-4-12(8-18-14)15(21)19-17/h2-8H,9-10,17H2,1H3,(H,19,21). The number of rotatable bonds is 5. The molecule has 0 bridgehead atoms. The Morgan fingerprint density at radius 2 is 1.95 bits per heavy atom. The van der Waals surface area contributed by atoms with Crippen molar-refractivity contribution in [1.82, 2.24) is 15.3 Å². The molecule has 0 aliphatic heterocycles. The van der Waals surface area contributed by atoms with Crippen molar-refractivity contribution < 1.29 is 4.79 Å². The predicted octanol–water partition coefficient (Wildman–Crippen LogP) is 2.08. The topological polar surface area (TPSA) is 71.2 Å². The van der Waals surface area contributed by atoms with E-state index in [-0.39, 0.29) is 5.91 Å². The van der Waals surface area contributed by atoms with Crippen LogP contribution in [-0.4, -0.2) is 22.8 Å². The first-order chi connectivity index (χ1) is 10.1. The number of pyridine rings is 1. The smallest absolute Gasteiger partial charge is 0.266 e. The summed E-state index contributed by atoms with van der Waals surface area (Å²) in [5.41, 5.74) is 4.68. The summed E-state index contributed by atoms with van der Waals surface area (Å²) in [4.78, 5) is 17.8. The molecule has 1 aromatic heterocycles. The van der Waals surface area contributed by atoms with Crippen molar-refractivity contribution in [3.63, 3.8) is 0 Å². The Morgan fingerprint density at radius 3 is 2.52 bits per heavy atom. The predicted molar refractivity (Wildman–Crippen MR) is 85.2 cm³/mol. The van der Waals surface area contributed by atoms with Gasteiger partial charge >= 0.3 is 0 Å². The quantitative estimate of drug-likeness (QED) is 0.493. The van der Waals surface area contributed by atoms with Crippen molar-refractivity contribution >= 4 is 21.8 Å². The van der Waals surface area contributed by atoms with E-state index in [1.165, 1.54) is 11.8 Å². The summed E-state index contributed by atoms with van der Waals surface area (Å²) in [6.07, 6.45) is 1.53. The van der Waals surface area contributed by atoms with E-state index in [0.29, 0.717) is 12.1 Å². The van der Waals surface area contributed by atoms with Crippen LogP contribution in [0.4, 0.5) is 0 Å². The Kier molecular flexibility index (Phi) is 5.44. The van der Waals surface area contributed by atoms with Gasteiger partial charge in [-0.25, -0.2) is 5.84 Å². The Labute approximate surface area is 132 Å². The Morgan fingerprint density at radius 1 is 1.24 bits per heavy atom. The van der Waals surface area contributed by atoms with Crippen molar-refractivity contribution in [3.8, 4) is 0 Å². The number of nitrogens with one attached hydrogen (secondary N) is 1. The zero-order chi connectivity index (χ0) is 15.2. The third-order valence-electron chi connectivity index (χ3n) is 3.02. The highest BCUT2D eigenvalue weighted by Gasteiger charge is 2.06. The molecule has 0 saturated carbocycles. The van der Waals surface area contributed by atoms with E-state index in [2.05, 4.69) is 43.4 Å². The number of carbonyl (C=O) groups is 1. The molecule has 0 radical (unpaired) electrons. The van der Waals surface area contributed by atoms with E-state index in [1.54, 1.807) is 6.07 Å². The lowest BCUT2D eigenvalue weighted by molar-refractivity contribution is 0.0953. The number of nitrogens with two attached hydrogens (primary N) is 1. The number of halogens is 1. The van der Waals surface area contributed by atoms with Crippen molar-refractivity contribution in [2.24, 2.45) is 5.84 Å². The summed E-state index contributed by atoms with van der Waals surface area (Å²) in [6, 6.07) is 11.8. The fraction of sp³-hybridized carbons (Fsp3) is 0.200. The molecule has 1 aromatic carbocycles. The molecule has 5 nitrogen and oxygen atoms in total. The highest BCUT2D eigenvalue weighted by atomic mass is 79.9. The van der Waals surface area contributed by atoms with Gasteiger partial charge < -0.3 is 0 Å². The first-order valence-electron chi connectivity index (χ1n) is 6.47. The largest absolute Gasteiger partial charge is 0.296 e. The average molecular weight is 349 g/mol. The van der Waals surface area contributed by atoms with Crippen LogP contribution in [0.5, 0.6) is 0 Å². The van der Waals surface area contributed by atoms with Gasteiger partial charge in [0.25, 0.3) is 5.91 Å². The van der Waals surface area contributed by atoms with Gasteiger partial charge in [0.05, 0.1) is 11.3 Å². The summed E-state index contributed by atoms with van der Waals surface area (Å²) in [6.45, 7) is 1.54. The monoisotopic (exact) mass is 348 g/mol. The van der Waals surface area contributed by atoms with Crippen molar-refractivity contribution in [1.29, 1.82) is 0 Å². The number of nitrogens with zero attached hydrogens (tertiary/aromatic N) is 2. The minimum Gasteiger partial charge on any atom is -0.296 e. The van der Waals surface area contributed by atoms with E-state index < -0.39 is 0 Å². The van der Waals surface area contributed by atoms with Gasteiger partial charge in [0.1, 0.15) is 0 Å². The molecular weight excluding hydrogens is 332 g/mol. The van der Waals surface area contributed by atoms with E-state index >= 15 is 0 Å². The van der Waals surface area contributed by atoms with Crippen molar-refractivity contribution in [3.05, 3.63) is 63.9 Å². The number of benzene rings is 1. The van der Waals surface area contributed by atoms with E-state index in [4.69, 9.17) is 5.84 Å². The second kappa shape index (κ2) is 7.31. The lowest BCUT2D eigenvalue weighted by atomic mass is 10.2. The lowest BCUT2D eigenvalue weighted by Crippen LogP contribution is -2.30. The normalized spacial score (nSPS) is 10.7. The SMILES string of the molecule is CN(Cc1ccc(Br)cc1)Cc1ccc(C(=O)NN)cn1. The zero-order valence-corrected chi connectivity index (χ0v) is 13.3.